The number of amides is 1. The van der Waals surface area contributed by atoms with Crippen molar-refractivity contribution in [3.8, 4) is 5.75 Å². The van der Waals surface area contributed by atoms with E-state index in [-0.39, 0.29) is 28.8 Å². The Morgan fingerprint density at radius 2 is 1.79 bits per heavy atom. The number of morpholine rings is 1. The zero-order chi connectivity index (χ0) is 24.2. The van der Waals surface area contributed by atoms with Crippen molar-refractivity contribution in [2.24, 2.45) is 5.92 Å². The van der Waals surface area contributed by atoms with Crippen LogP contribution in [0.4, 0.5) is 5.69 Å². The van der Waals surface area contributed by atoms with Gasteiger partial charge in [-0.2, -0.15) is 0 Å². The highest BCUT2D eigenvalue weighted by Crippen LogP contribution is 2.29. The molecule has 1 amide bonds. The predicted molar refractivity (Wildman–Crippen MR) is 128 cm³/mol. The molecule has 0 aliphatic carbocycles. The van der Waals surface area contributed by atoms with E-state index < -0.39 is 10.0 Å². The van der Waals surface area contributed by atoms with Crippen LogP contribution in [-0.4, -0.2) is 101 Å². The number of piperidine rings is 1. The number of anilines is 1. The maximum absolute atomic E-state index is 12.6. The van der Waals surface area contributed by atoms with Crippen molar-refractivity contribution in [3.63, 3.8) is 0 Å². The van der Waals surface area contributed by atoms with Crippen LogP contribution < -0.4 is 10.1 Å². The monoisotopic (exact) mass is 482 g/mol. The third-order valence-electron chi connectivity index (χ3n) is 6.29. The number of hydrogen-bond acceptors (Lipinski definition) is 7. The zero-order valence-corrected chi connectivity index (χ0v) is 21.2. The Balaban J connectivity index is 1.51. The van der Waals surface area contributed by atoms with Crippen molar-refractivity contribution in [2.45, 2.75) is 43.8 Å². The van der Waals surface area contributed by atoms with Crippen LogP contribution >= 0.6 is 0 Å². The van der Waals surface area contributed by atoms with Crippen molar-refractivity contribution >= 4 is 21.6 Å². The summed E-state index contributed by atoms with van der Waals surface area (Å²) in [6.45, 7) is 9.39. The molecule has 1 aromatic carbocycles. The van der Waals surface area contributed by atoms with Gasteiger partial charge in [0.05, 0.1) is 25.9 Å². The molecule has 2 fully saturated rings. The minimum Gasteiger partial charge on any atom is -0.495 e. The number of rotatable bonds is 8. The highest BCUT2D eigenvalue weighted by Gasteiger charge is 2.27. The molecule has 3 rings (SSSR count). The molecule has 2 atom stereocenters. The molecule has 10 heteroatoms. The average molecular weight is 483 g/mol. The van der Waals surface area contributed by atoms with E-state index in [1.807, 2.05) is 0 Å². The largest absolute Gasteiger partial charge is 0.495 e. The molecule has 2 unspecified atom stereocenters. The Morgan fingerprint density at radius 1 is 1.15 bits per heavy atom. The van der Waals surface area contributed by atoms with Crippen LogP contribution in [0.3, 0.4) is 0 Å². The van der Waals surface area contributed by atoms with Gasteiger partial charge >= 0.3 is 0 Å². The predicted octanol–water partition coefficient (Wildman–Crippen LogP) is 1.71. The van der Waals surface area contributed by atoms with Gasteiger partial charge in [0.15, 0.2) is 0 Å². The van der Waals surface area contributed by atoms with Crippen LogP contribution in [0.15, 0.2) is 23.1 Å². The number of benzene rings is 1. The third-order valence-corrected chi connectivity index (χ3v) is 8.13. The Hall–Kier alpha value is -1.72. The fourth-order valence-electron chi connectivity index (χ4n) is 4.68. The van der Waals surface area contributed by atoms with E-state index in [1.54, 1.807) is 12.1 Å². The van der Waals surface area contributed by atoms with Crippen LogP contribution in [0.25, 0.3) is 0 Å². The Morgan fingerprint density at radius 3 is 2.36 bits per heavy atom. The molecule has 0 aromatic heterocycles. The first kappa shape index (κ1) is 25.9. The average Bonchev–Trinajstić information content (AvgIpc) is 2.74. The first-order valence-corrected chi connectivity index (χ1v) is 13.0. The summed E-state index contributed by atoms with van der Waals surface area (Å²) >= 11 is 0. The quantitative estimate of drug-likeness (QED) is 0.603. The summed E-state index contributed by atoms with van der Waals surface area (Å²) in [5.74, 6) is 0.734. The Bertz CT molecular complexity index is 905. The van der Waals surface area contributed by atoms with Gasteiger partial charge in [-0.25, -0.2) is 12.7 Å². The number of nitrogens with zero attached hydrogens (tertiary/aromatic N) is 3. The summed E-state index contributed by atoms with van der Waals surface area (Å²) in [6.07, 6.45) is 2.70. The van der Waals surface area contributed by atoms with E-state index in [9.17, 15) is 13.2 Å². The molecule has 0 radical (unpaired) electrons. The Labute approximate surface area is 198 Å². The van der Waals surface area contributed by atoms with E-state index in [2.05, 4.69) is 29.0 Å². The highest BCUT2D eigenvalue weighted by molar-refractivity contribution is 7.89. The van der Waals surface area contributed by atoms with Gasteiger partial charge in [-0.05, 0) is 63.9 Å². The van der Waals surface area contributed by atoms with Crippen molar-refractivity contribution in [2.75, 3.05) is 65.8 Å². The molecule has 1 N–H and O–H groups in total. The van der Waals surface area contributed by atoms with Gasteiger partial charge in [-0.1, -0.05) is 0 Å². The SMILES string of the molecule is COc1ccc(NC(=O)CN2CCC(CN3CC(C)OC(C)C3)CC2)cc1S(=O)(=O)N(C)C. The molecule has 33 heavy (non-hydrogen) atoms. The molecule has 0 spiro atoms. The topological polar surface area (TPSA) is 91.4 Å². The van der Waals surface area contributed by atoms with Crippen LogP contribution in [0, 0.1) is 5.92 Å². The normalized spacial score (nSPS) is 23.6. The first-order chi connectivity index (χ1) is 15.6. The minimum absolute atomic E-state index is 0.0281. The summed E-state index contributed by atoms with van der Waals surface area (Å²) in [7, 11) is 0.651. The standard InChI is InChI=1S/C23H38N4O5S/c1-17-13-27(14-18(2)32-17)15-19-8-10-26(11-9-19)16-23(28)24-20-6-7-21(31-5)22(12-20)33(29,30)25(3)4/h6-7,12,17-19H,8-11,13-16H2,1-5H3,(H,24,28). The second kappa shape index (κ2) is 11.1. The smallest absolute Gasteiger partial charge is 0.246 e. The van der Waals surface area contributed by atoms with E-state index in [0.29, 0.717) is 18.2 Å². The molecule has 2 aliphatic rings. The van der Waals surface area contributed by atoms with Crippen molar-refractivity contribution < 1.29 is 22.7 Å². The number of carbonyl (C=O) groups excluding carboxylic acids is 1. The number of nitrogens with one attached hydrogen (secondary N) is 1. The van der Waals surface area contributed by atoms with E-state index in [0.717, 1.165) is 49.9 Å². The number of ether oxygens (including phenoxy) is 2. The van der Waals surface area contributed by atoms with E-state index in [4.69, 9.17) is 9.47 Å². The van der Waals surface area contributed by atoms with E-state index in [1.165, 1.54) is 27.3 Å². The number of hydrogen-bond donors (Lipinski definition) is 1. The summed E-state index contributed by atoms with van der Waals surface area (Å²) < 4.78 is 37.3. The number of methoxy groups -OCH3 is 1. The van der Waals surface area contributed by atoms with Crippen LogP contribution in [-0.2, 0) is 19.6 Å². The lowest BCUT2D eigenvalue weighted by Crippen LogP contribution is -2.48. The van der Waals surface area contributed by atoms with Crippen LogP contribution in [0.5, 0.6) is 5.75 Å². The maximum atomic E-state index is 12.6. The van der Waals surface area contributed by atoms with Gasteiger partial charge in [-0.3, -0.25) is 14.6 Å². The molecule has 2 aliphatic heterocycles. The molecule has 2 saturated heterocycles. The number of sulfonamides is 1. The van der Waals surface area contributed by atoms with Crippen LogP contribution in [0.1, 0.15) is 26.7 Å². The molecule has 186 valence electrons. The fraction of sp³-hybridized carbons (Fsp3) is 0.696. The van der Waals surface area contributed by atoms with Gasteiger partial charge in [0.2, 0.25) is 15.9 Å². The van der Waals surface area contributed by atoms with Crippen molar-refractivity contribution in [3.05, 3.63) is 18.2 Å². The lowest BCUT2D eigenvalue weighted by atomic mass is 9.95. The number of carbonyl (C=O) groups is 1. The van der Waals surface area contributed by atoms with Gasteiger partial charge in [-0.15, -0.1) is 0 Å². The summed E-state index contributed by atoms with van der Waals surface area (Å²) in [4.78, 5) is 17.3. The van der Waals surface area contributed by atoms with Crippen molar-refractivity contribution in [1.29, 1.82) is 0 Å². The minimum atomic E-state index is -3.70. The molecule has 0 bridgehead atoms. The van der Waals surface area contributed by atoms with Gasteiger partial charge in [0, 0.05) is 39.4 Å². The lowest BCUT2D eigenvalue weighted by Gasteiger charge is -2.39. The molecule has 2 heterocycles. The van der Waals surface area contributed by atoms with Crippen LogP contribution in [0.2, 0.25) is 0 Å². The van der Waals surface area contributed by atoms with Gasteiger partial charge < -0.3 is 14.8 Å². The molecular weight excluding hydrogens is 444 g/mol. The third kappa shape index (κ3) is 6.89. The molecule has 1 aromatic rings. The molecular formula is C23H38N4O5S. The second-order valence-electron chi connectivity index (χ2n) is 9.40. The molecule has 0 saturated carbocycles. The van der Waals surface area contributed by atoms with Gasteiger partial charge in [0.25, 0.3) is 0 Å². The fourth-order valence-corrected chi connectivity index (χ4v) is 5.76. The lowest BCUT2D eigenvalue weighted by molar-refractivity contribution is -0.117. The number of likely N-dealkylation sites (tertiary alicyclic amines) is 1. The molecule has 9 nitrogen and oxygen atoms in total. The second-order valence-corrected chi connectivity index (χ2v) is 11.5. The maximum Gasteiger partial charge on any atom is 0.246 e. The summed E-state index contributed by atoms with van der Waals surface area (Å²) in [5, 5.41) is 2.84. The summed E-state index contributed by atoms with van der Waals surface area (Å²) in [5.41, 5.74) is 0.437. The van der Waals surface area contributed by atoms with Gasteiger partial charge in [0.1, 0.15) is 10.6 Å². The van der Waals surface area contributed by atoms with E-state index >= 15 is 0 Å². The highest BCUT2D eigenvalue weighted by atomic mass is 32.2. The van der Waals surface area contributed by atoms with Crippen molar-refractivity contribution in [1.82, 2.24) is 14.1 Å². The zero-order valence-electron chi connectivity index (χ0n) is 20.4. The Kier molecular flexibility index (Phi) is 8.74. The summed E-state index contributed by atoms with van der Waals surface area (Å²) in [6, 6.07) is 4.66. The first-order valence-electron chi connectivity index (χ1n) is 11.6.